The molecule has 1 aliphatic heterocycles. The molecule has 0 atom stereocenters. The maximum absolute atomic E-state index is 12.6. The number of aromatic nitrogens is 3. The van der Waals surface area contributed by atoms with Crippen molar-refractivity contribution in [1.29, 1.82) is 0 Å². The zero-order chi connectivity index (χ0) is 18.0. The number of amides is 2. The van der Waals surface area contributed by atoms with Crippen LogP contribution in [0.3, 0.4) is 0 Å². The summed E-state index contributed by atoms with van der Waals surface area (Å²) in [6.45, 7) is 5.85. The summed E-state index contributed by atoms with van der Waals surface area (Å²) in [5.74, 6) is -0.122. The van der Waals surface area contributed by atoms with Crippen LogP contribution in [0.15, 0.2) is 12.3 Å². The summed E-state index contributed by atoms with van der Waals surface area (Å²) in [4.78, 5) is 30.6. The molecule has 8 nitrogen and oxygen atoms in total. The van der Waals surface area contributed by atoms with Crippen LogP contribution in [0.1, 0.15) is 34.6 Å². The van der Waals surface area contributed by atoms with Gasteiger partial charge in [0.25, 0.3) is 5.91 Å². The van der Waals surface area contributed by atoms with E-state index in [4.69, 9.17) is 0 Å². The van der Waals surface area contributed by atoms with Gasteiger partial charge in [0.15, 0.2) is 5.65 Å². The van der Waals surface area contributed by atoms with E-state index in [0.717, 1.165) is 37.3 Å². The van der Waals surface area contributed by atoms with Crippen LogP contribution < -0.4 is 10.6 Å². The van der Waals surface area contributed by atoms with E-state index < -0.39 is 0 Å². The fraction of sp³-hybridized carbons (Fsp3) is 0.529. The second-order valence-corrected chi connectivity index (χ2v) is 6.53. The van der Waals surface area contributed by atoms with E-state index in [9.17, 15) is 9.59 Å². The number of rotatable bonds is 4. The summed E-state index contributed by atoms with van der Waals surface area (Å²) in [6, 6.07) is 2.04. The molecular weight excluding hydrogens is 320 g/mol. The number of likely N-dealkylation sites (N-methyl/N-ethyl adjacent to an activating group) is 1. The Morgan fingerprint density at radius 2 is 2.00 bits per heavy atom. The van der Waals surface area contributed by atoms with Crippen LogP contribution in [0.4, 0.5) is 0 Å². The highest BCUT2D eigenvalue weighted by molar-refractivity contribution is 5.99. The Morgan fingerprint density at radius 1 is 1.28 bits per heavy atom. The molecule has 25 heavy (non-hydrogen) atoms. The summed E-state index contributed by atoms with van der Waals surface area (Å²) in [5.41, 5.74) is 2.90. The third-order valence-electron chi connectivity index (χ3n) is 4.59. The molecule has 1 saturated heterocycles. The highest BCUT2D eigenvalue weighted by Gasteiger charge is 2.24. The van der Waals surface area contributed by atoms with Crippen molar-refractivity contribution < 1.29 is 9.59 Å². The van der Waals surface area contributed by atoms with Crippen LogP contribution in [-0.4, -0.2) is 64.0 Å². The van der Waals surface area contributed by atoms with Gasteiger partial charge in [-0.2, -0.15) is 5.10 Å². The van der Waals surface area contributed by atoms with E-state index in [1.165, 1.54) is 0 Å². The second kappa shape index (κ2) is 7.18. The summed E-state index contributed by atoms with van der Waals surface area (Å²) in [6.07, 6.45) is 3.23. The van der Waals surface area contributed by atoms with Crippen LogP contribution in [0.2, 0.25) is 0 Å². The molecule has 0 bridgehead atoms. The predicted molar refractivity (Wildman–Crippen MR) is 93.5 cm³/mol. The Morgan fingerprint density at radius 3 is 2.68 bits per heavy atom. The average Bonchev–Trinajstić information content (AvgIpc) is 3.00. The zero-order valence-corrected chi connectivity index (χ0v) is 14.9. The topological polar surface area (TPSA) is 91.6 Å². The summed E-state index contributed by atoms with van der Waals surface area (Å²) in [5, 5.41) is 9.98. The normalized spacial score (nSPS) is 16.1. The molecule has 3 heterocycles. The first-order valence-electron chi connectivity index (χ1n) is 8.53. The van der Waals surface area contributed by atoms with Gasteiger partial charge < -0.3 is 10.6 Å². The lowest BCUT2D eigenvalue weighted by molar-refractivity contribution is -0.122. The van der Waals surface area contributed by atoms with Crippen molar-refractivity contribution in [3.63, 3.8) is 0 Å². The van der Waals surface area contributed by atoms with Crippen LogP contribution in [-0.2, 0) is 4.79 Å². The number of aryl methyl sites for hydroxylation is 2. The highest BCUT2D eigenvalue weighted by atomic mass is 16.2. The Balaban J connectivity index is 1.63. The molecule has 0 radical (unpaired) electrons. The summed E-state index contributed by atoms with van der Waals surface area (Å²) < 4.78 is 1.69. The maximum atomic E-state index is 12.6. The number of carbonyl (C=O) groups excluding carboxylic acids is 2. The molecule has 134 valence electrons. The molecule has 2 aromatic rings. The van der Waals surface area contributed by atoms with Gasteiger partial charge in [-0.15, -0.1) is 0 Å². The van der Waals surface area contributed by atoms with Gasteiger partial charge >= 0.3 is 0 Å². The molecule has 1 aliphatic rings. The fourth-order valence-corrected chi connectivity index (χ4v) is 3.21. The molecule has 0 unspecified atom stereocenters. The summed E-state index contributed by atoms with van der Waals surface area (Å²) in [7, 11) is 1.64. The van der Waals surface area contributed by atoms with E-state index in [2.05, 4.69) is 25.6 Å². The molecule has 0 saturated carbocycles. The number of nitrogens with zero attached hydrogens (tertiary/aromatic N) is 4. The maximum Gasteiger partial charge on any atom is 0.256 e. The molecule has 0 spiro atoms. The third kappa shape index (κ3) is 3.79. The molecule has 2 aromatic heterocycles. The first-order chi connectivity index (χ1) is 12.0. The van der Waals surface area contributed by atoms with E-state index in [1.807, 2.05) is 19.9 Å². The van der Waals surface area contributed by atoms with E-state index >= 15 is 0 Å². The number of piperidine rings is 1. The third-order valence-corrected chi connectivity index (χ3v) is 4.59. The van der Waals surface area contributed by atoms with Crippen LogP contribution in [0, 0.1) is 13.8 Å². The Bertz CT molecular complexity index is 792. The van der Waals surface area contributed by atoms with Gasteiger partial charge in [0.05, 0.1) is 12.7 Å². The van der Waals surface area contributed by atoms with Crippen LogP contribution in [0.25, 0.3) is 5.65 Å². The molecule has 3 rings (SSSR count). The number of hydrogen-bond donors (Lipinski definition) is 2. The lowest BCUT2D eigenvalue weighted by atomic mass is 10.0. The lowest BCUT2D eigenvalue weighted by Crippen LogP contribution is -2.47. The number of nitrogens with one attached hydrogen (secondary N) is 2. The van der Waals surface area contributed by atoms with Gasteiger partial charge in [-0.25, -0.2) is 9.50 Å². The molecule has 8 heteroatoms. The van der Waals surface area contributed by atoms with Crippen molar-refractivity contribution in [3.05, 3.63) is 29.2 Å². The average molecular weight is 344 g/mol. The van der Waals surface area contributed by atoms with Gasteiger partial charge in [0.2, 0.25) is 5.91 Å². The minimum Gasteiger partial charge on any atom is -0.358 e. The first kappa shape index (κ1) is 17.3. The molecular formula is C17H24N6O2. The summed E-state index contributed by atoms with van der Waals surface area (Å²) >= 11 is 0. The monoisotopic (exact) mass is 344 g/mol. The van der Waals surface area contributed by atoms with Crippen molar-refractivity contribution in [2.75, 3.05) is 26.7 Å². The van der Waals surface area contributed by atoms with Gasteiger partial charge in [0.1, 0.15) is 5.56 Å². The van der Waals surface area contributed by atoms with Gasteiger partial charge in [0, 0.05) is 37.6 Å². The first-order valence-corrected chi connectivity index (χ1v) is 8.53. The van der Waals surface area contributed by atoms with Crippen LogP contribution in [0.5, 0.6) is 0 Å². The van der Waals surface area contributed by atoms with Crippen molar-refractivity contribution in [3.8, 4) is 0 Å². The zero-order valence-electron chi connectivity index (χ0n) is 14.9. The fourth-order valence-electron chi connectivity index (χ4n) is 3.21. The minimum absolute atomic E-state index is 0.0191. The quantitative estimate of drug-likeness (QED) is 0.832. The Labute approximate surface area is 146 Å². The van der Waals surface area contributed by atoms with Crippen molar-refractivity contribution in [1.82, 2.24) is 30.1 Å². The largest absolute Gasteiger partial charge is 0.358 e. The predicted octanol–water partition coefficient (Wildman–Crippen LogP) is 0.286. The lowest BCUT2D eigenvalue weighted by Gasteiger charge is -2.31. The number of likely N-dealkylation sites (tertiary alicyclic amines) is 1. The van der Waals surface area contributed by atoms with E-state index in [-0.39, 0.29) is 17.9 Å². The van der Waals surface area contributed by atoms with Gasteiger partial charge in [-0.1, -0.05) is 0 Å². The molecule has 0 aliphatic carbocycles. The molecule has 0 aromatic carbocycles. The molecule has 2 amide bonds. The smallest absolute Gasteiger partial charge is 0.256 e. The van der Waals surface area contributed by atoms with Crippen molar-refractivity contribution in [2.45, 2.75) is 32.7 Å². The van der Waals surface area contributed by atoms with E-state index in [0.29, 0.717) is 17.8 Å². The number of hydrogen-bond acceptors (Lipinski definition) is 5. The van der Waals surface area contributed by atoms with Gasteiger partial charge in [-0.05, 0) is 32.8 Å². The number of fused-ring (bicyclic) bond motifs is 1. The van der Waals surface area contributed by atoms with Crippen molar-refractivity contribution >= 4 is 17.5 Å². The van der Waals surface area contributed by atoms with Crippen molar-refractivity contribution in [2.24, 2.45) is 0 Å². The SMILES string of the molecule is CNC(=O)CN1CCC(NC(=O)c2cnn3c(C)cc(C)nc23)CC1. The second-order valence-electron chi connectivity index (χ2n) is 6.53. The number of carbonyl (C=O) groups is 2. The Hall–Kier alpha value is -2.48. The van der Waals surface area contributed by atoms with Gasteiger partial charge in [-0.3, -0.25) is 14.5 Å². The molecule has 1 fully saturated rings. The minimum atomic E-state index is -0.141. The molecule has 2 N–H and O–H groups in total. The standard InChI is InChI=1S/C17H24N6O2/c1-11-8-12(2)23-16(20-11)14(9-19-23)17(25)21-13-4-6-22(7-5-13)10-15(24)18-3/h8-9,13H,4-7,10H2,1-3H3,(H,18,24)(H,21,25). The highest BCUT2D eigenvalue weighted by Crippen LogP contribution is 2.14. The van der Waals surface area contributed by atoms with E-state index in [1.54, 1.807) is 17.8 Å². The Kier molecular flexibility index (Phi) is 4.98. The van der Waals surface area contributed by atoms with Crippen LogP contribution >= 0.6 is 0 Å².